The number of carbonyl (C=O) groups excluding carboxylic acids is 1. The number of carboxylic acid groups (broad SMARTS) is 1. The summed E-state index contributed by atoms with van der Waals surface area (Å²) in [6.07, 6.45) is 2.03. The van der Waals surface area contributed by atoms with Gasteiger partial charge in [-0.15, -0.1) is 0 Å². The molecular formula is C5H3N2NaO3. The maximum Gasteiger partial charge on any atom is 1.00 e. The average molecular weight is 162 g/mol. The molecule has 0 amide bonds. The molecule has 0 saturated heterocycles. The predicted octanol–water partition coefficient (Wildman–Crippen LogP) is -4.45. The number of nitrogens with zero attached hydrogens (tertiary/aromatic N) is 2. The smallest absolute Gasteiger partial charge is 0.543 e. The number of hydrogen-bond donors (Lipinski definition) is 1. The summed E-state index contributed by atoms with van der Waals surface area (Å²) < 4.78 is 0. The van der Waals surface area contributed by atoms with Crippen molar-refractivity contribution in [3.63, 3.8) is 0 Å². The Morgan fingerprint density at radius 3 is 2.55 bits per heavy atom. The van der Waals surface area contributed by atoms with E-state index in [1.807, 2.05) is 0 Å². The molecule has 0 saturated carbocycles. The average Bonchev–Trinajstić information content (AvgIpc) is 1.88. The molecule has 5 nitrogen and oxygen atoms in total. The van der Waals surface area contributed by atoms with Gasteiger partial charge < -0.3 is 15.0 Å². The van der Waals surface area contributed by atoms with Crippen LogP contribution >= 0.6 is 0 Å². The Bertz CT molecular complexity index is 266. The van der Waals surface area contributed by atoms with E-state index in [1.165, 1.54) is 0 Å². The van der Waals surface area contributed by atoms with Crippen molar-refractivity contribution in [1.29, 1.82) is 0 Å². The first-order valence-electron chi connectivity index (χ1n) is 2.42. The van der Waals surface area contributed by atoms with Crippen LogP contribution in [0.5, 0.6) is 5.88 Å². The third kappa shape index (κ3) is 2.83. The quantitative estimate of drug-likeness (QED) is 0.421. The molecule has 0 aliphatic heterocycles. The number of carbonyl (C=O) groups is 1. The van der Waals surface area contributed by atoms with Gasteiger partial charge in [-0.3, -0.25) is 4.98 Å². The van der Waals surface area contributed by atoms with E-state index >= 15 is 0 Å². The van der Waals surface area contributed by atoms with Crippen LogP contribution in [0.3, 0.4) is 0 Å². The molecule has 6 heteroatoms. The Labute approximate surface area is 84.4 Å². The molecule has 0 radical (unpaired) electrons. The first kappa shape index (κ1) is 10.3. The second-order valence-corrected chi connectivity index (χ2v) is 1.55. The molecule has 1 heterocycles. The Morgan fingerprint density at radius 2 is 2.18 bits per heavy atom. The fraction of sp³-hybridized carbons (Fsp3) is 0. The number of aromatic nitrogens is 2. The zero-order valence-corrected chi connectivity index (χ0v) is 7.81. The van der Waals surface area contributed by atoms with Crippen LogP contribution in [0.2, 0.25) is 0 Å². The van der Waals surface area contributed by atoms with Gasteiger partial charge in [-0.05, 0) is 0 Å². The van der Waals surface area contributed by atoms with Crippen molar-refractivity contribution >= 4 is 5.97 Å². The summed E-state index contributed by atoms with van der Waals surface area (Å²) in [5, 5.41) is 18.6. The molecule has 0 fully saturated rings. The first-order valence-corrected chi connectivity index (χ1v) is 2.42. The summed E-state index contributed by atoms with van der Waals surface area (Å²) in [5.74, 6) is -1.88. The van der Waals surface area contributed by atoms with Crippen LogP contribution in [0, 0.1) is 0 Å². The van der Waals surface area contributed by atoms with Gasteiger partial charge in [0.15, 0.2) is 0 Å². The molecule has 1 rings (SSSR count). The maximum atomic E-state index is 10.0. The molecule has 0 aromatic carbocycles. The maximum absolute atomic E-state index is 10.0. The number of aromatic hydroxyl groups is 1. The molecule has 0 unspecified atom stereocenters. The van der Waals surface area contributed by atoms with E-state index in [1.54, 1.807) is 0 Å². The van der Waals surface area contributed by atoms with Crippen LogP contribution in [0.4, 0.5) is 0 Å². The van der Waals surface area contributed by atoms with Gasteiger partial charge in [-0.1, -0.05) is 0 Å². The number of hydrogen-bond acceptors (Lipinski definition) is 5. The summed E-state index contributed by atoms with van der Waals surface area (Å²) in [6, 6.07) is 0. The molecule has 0 atom stereocenters. The zero-order valence-electron chi connectivity index (χ0n) is 5.81. The molecular weight excluding hydrogens is 159 g/mol. The van der Waals surface area contributed by atoms with Crippen molar-refractivity contribution in [1.82, 2.24) is 9.97 Å². The van der Waals surface area contributed by atoms with Gasteiger partial charge in [0.25, 0.3) is 0 Å². The van der Waals surface area contributed by atoms with Crippen molar-refractivity contribution in [3.8, 4) is 5.88 Å². The van der Waals surface area contributed by atoms with Crippen LogP contribution in [-0.4, -0.2) is 21.0 Å². The van der Waals surface area contributed by atoms with E-state index in [0.29, 0.717) is 0 Å². The number of carboxylic acids is 1. The first-order chi connectivity index (χ1) is 4.70. The Balaban J connectivity index is 0.000001000. The van der Waals surface area contributed by atoms with E-state index in [4.69, 9.17) is 5.11 Å². The number of aromatic carboxylic acids is 1. The normalized spacial score (nSPS) is 8.36. The second-order valence-electron chi connectivity index (χ2n) is 1.55. The number of rotatable bonds is 1. The topological polar surface area (TPSA) is 86.1 Å². The summed E-state index contributed by atoms with van der Waals surface area (Å²) in [6.45, 7) is 0. The van der Waals surface area contributed by atoms with Crippen molar-refractivity contribution in [2.45, 2.75) is 0 Å². The van der Waals surface area contributed by atoms with Crippen LogP contribution in [0.25, 0.3) is 0 Å². The molecule has 11 heavy (non-hydrogen) atoms. The van der Waals surface area contributed by atoms with Crippen molar-refractivity contribution in [3.05, 3.63) is 18.1 Å². The summed E-state index contributed by atoms with van der Waals surface area (Å²) in [7, 11) is 0. The van der Waals surface area contributed by atoms with Crippen molar-refractivity contribution in [2.24, 2.45) is 0 Å². The molecule has 1 N–H and O–H groups in total. The Hall–Kier alpha value is -0.650. The van der Waals surface area contributed by atoms with E-state index in [2.05, 4.69) is 9.97 Å². The summed E-state index contributed by atoms with van der Waals surface area (Å²) in [5.41, 5.74) is -0.375. The molecule has 1 aromatic heterocycles. The standard InChI is InChI=1S/C5H4N2O3.Na/c8-4-2-6-1-3(7-4)5(9)10;/h1-2H,(H,7,8)(H,9,10);/q;+1/p-1. The van der Waals surface area contributed by atoms with Crippen LogP contribution in [0.15, 0.2) is 12.4 Å². The SMILES string of the molecule is O=C([O-])c1cncc(O)n1.[Na+]. The van der Waals surface area contributed by atoms with E-state index in [9.17, 15) is 9.90 Å². The van der Waals surface area contributed by atoms with E-state index < -0.39 is 11.8 Å². The summed E-state index contributed by atoms with van der Waals surface area (Å²) >= 11 is 0. The molecule has 0 aliphatic carbocycles. The fourth-order valence-electron chi connectivity index (χ4n) is 0.454. The van der Waals surface area contributed by atoms with Gasteiger partial charge in [0.1, 0.15) is 5.69 Å². The zero-order chi connectivity index (χ0) is 7.56. The third-order valence-corrected chi connectivity index (χ3v) is 0.831. The molecule has 0 aliphatic rings. The van der Waals surface area contributed by atoms with Gasteiger partial charge in [0.05, 0.1) is 18.4 Å². The van der Waals surface area contributed by atoms with Crippen LogP contribution in [-0.2, 0) is 0 Å². The molecule has 0 spiro atoms. The predicted molar refractivity (Wildman–Crippen MR) is 28.0 cm³/mol. The minimum Gasteiger partial charge on any atom is -0.543 e. The molecule has 1 aromatic rings. The van der Waals surface area contributed by atoms with Gasteiger partial charge in [-0.25, -0.2) is 4.98 Å². The Kier molecular flexibility index (Phi) is 4.02. The molecule has 0 bridgehead atoms. The van der Waals surface area contributed by atoms with E-state index in [-0.39, 0.29) is 35.3 Å². The minimum atomic E-state index is -1.46. The largest absolute Gasteiger partial charge is 1.00 e. The fourth-order valence-corrected chi connectivity index (χ4v) is 0.454. The van der Waals surface area contributed by atoms with Crippen LogP contribution in [0.1, 0.15) is 10.5 Å². The molecule has 52 valence electrons. The second kappa shape index (κ2) is 4.27. The monoisotopic (exact) mass is 162 g/mol. The minimum absolute atomic E-state index is 0. The van der Waals surface area contributed by atoms with Crippen molar-refractivity contribution < 1.29 is 44.6 Å². The van der Waals surface area contributed by atoms with Gasteiger partial charge in [0, 0.05) is 0 Å². The van der Waals surface area contributed by atoms with Crippen molar-refractivity contribution in [2.75, 3.05) is 0 Å². The van der Waals surface area contributed by atoms with Gasteiger partial charge >= 0.3 is 29.6 Å². The van der Waals surface area contributed by atoms with Gasteiger partial charge in [0.2, 0.25) is 5.88 Å². The third-order valence-electron chi connectivity index (χ3n) is 0.831. The summed E-state index contributed by atoms with van der Waals surface area (Å²) in [4.78, 5) is 16.6. The Morgan fingerprint density at radius 1 is 1.55 bits per heavy atom. The van der Waals surface area contributed by atoms with Gasteiger partial charge in [-0.2, -0.15) is 0 Å². The van der Waals surface area contributed by atoms with E-state index in [0.717, 1.165) is 12.4 Å². The van der Waals surface area contributed by atoms with Crippen LogP contribution < -0.4 is 34.7 Å².